The smallest absolute Gasteiger partial charge is 0.241 e. The van der Waals surface area contributed by atoms with Crippen molar-refractivity contribution < 1.29 is 14.1 Å². The third-order valence-electron chi connectivity index (χ3n) is 5.56. The number of hydrogen-bond donors (Lipinski definition) is 1. The highest BCUT2D eigenvalue weighted by atomic mass is 32.1. The van der Waals surface area contributed by atoms with Gasteiger partial charge in [-0.1, -0.05) is 41.6 Å². The topological polar surface area (TPSA) is 80.5 Å². The van der Waals surface area contributed by atoms with Gasteiger partial charge in [-0.15, -0.1) is 11.3 Å². The standard InChI is InChI=1S/C25H24N4O3S/c30-25(26-20-11-4-5-12-21(20)31-19-9-2-1-3-10-19)18-8-6-14-29(16-18)17-23-27-24(28-32-23)22-13-7-15-33-22/h1-5,7,9-13,15,18H,6,8,14,16-17H2,(H,26,30). The number of hydrogen-bond acceptors (Lipinski definition) is 7. The first-order valence-electron chi connectivity index (χ1n) is 11.0. The van der Waals surface area contributed by atoms with E-state index in [1.54, 1.807) is 11.3 Å². The van der Waals surface area contributed by atoms with Crippen molar-refractivity contribution in [2.24, 2.45) is 5.92 Å². The van der Waals surface area contributed by atoms with Crippen LogP contribution in [0.3, 0.4) is 0 Å². The second-order valence-corrected chi connectivity index (χ2v) is 8.91. The highest BCUT2D eigenvalue weighted by molar-refractivity contribution is 7.13. The van der Waals surface area contributed by atoms with Crippen molar-refractivity contribution in [2.75, 3.05) is 18.4 Å². The number of benzene rings is 2. The van der Waals surface area contributed by atoms with Gasteiger partial charge in [0.2, 0.25) is 17.6 Å². The second-order valence-electron chi connectivity index (χ2n) is 7.96. The van der Waals surface area contributed by atoms with E-state index in [9.17, 15) is 4.79 Å². The van der Waals surface area contributed by atoms with Crippen molar-refractivity contribution in [1.82, 2.24) is 15.0 Å². The first kappa shape index (κ1) is 21.4. The van der Waals surface area contributed by atoms with Crippen LogP contribution >= 0.6 is 11.3 Å². The van der Waals surface area contributed by atoms with E-state index >= 15 is 0 Å². The molecule has 2 aromatic heterocycles. The number of likely N-dealkylation sites (tertiary alicyclic amines) is 1. The molecule has 168 valence electrons. The van der Waals surface area contributed by atoms with E-state index in [4.69, 9.17) is 9.26 Å². The quantitative estimate of drug-likeness (QED) is 0.395. The van der Waals surface area contributed by atoms with Gasteiger partial charge in [-0.3, -0.25) is 9.69 Å². The van der Waals surface area contributed by atoms with E-state index in [1.807, 2.05) is 72.1 Å². The average molecular weight is 461 g/mol. The zero-order valence-electron chi connectivity index (χ0n) is 18.0. The van der Waals surface area contributed by atoms with Gasteiger partial charge in [0.05, 0.1) is 23.0 Å². The van der Waals surface area contributed by atoms with E-state index in [1.165, 1.54) is 0 Å². The Kier molecular flexibility index (Phi) is 6.46. The molecule has 0 bridgehead atoms. The van der Waals surface area contributed by atoms with Crippen LogP contribution in [0.1, 0.15) is 18.7 Å². The fourth-order valence-corrected chi connectivity index (χ4v) is 4.59. The predicted molar refractivity (Wildman–Crippen MR) is 127 cm³/mol. The van der Waals surface area contributed by atoms with Gasteiger partial charge < -0.3 is 14.6 Å². The van der Waals surface area contributed by atoms with Gasteiger partial charge in [0.15, 0.2) is 5.75 Å². The number of amides is 1. The van der Waals surface area contributed by atoms with E-state index in [0.29, 0.717) is 36.2 Å². The third kappa shape index (κ3) is 5.30. The molecule has 0 radical (unpaired) electrons. The molecule has 1 atom stereocenters. The van der Waals surface area contributed by atoms with Crippen molar-refractivity contribution in [3.8, 4) is 22.2 Å². The molecule has 4 aromatic rings. The highest BCUT2D eigenvalue weighted by Gasteiger charge is 2.27. The molecular weight excluding hydrogens is 436 g/mol. The van der Waals surface area contributed by atoms with Gasteiger partial charge in [0, 0.05) is 6.54 Å². The van der Waals surface area contributed by atoms with E-state index in [0.717, 1.165) is 30.0 Å². The molecule has 1 aliphatic rings. The Balaban J connectivity index is 1.21. The Hall–Kier alpha value is -3.49. The number of carbonyl (C=O) groups excluding carboxylic acids is 1. The monoisotopic (exact) mass is 460 g/mol. The molecular formula is C25H24N4O3S. The number of ether oxygens (including phenoxy) is 1. The molecule has 8 heteroatoms. The molecule has 0 saturated carbocycles. The second kappa shape index (κ2) is 9.97. The molecule has 33 heavy (non-hydrogen) atoms. The molecule has 0 spiro atoms. The van der Waals surface area contributed by atoms with Gasteiger partial charge in [-0.25, -0.2) is 0 Å². The van der Waals surface area contributed by atoms with Crippen LogP contribution in [0.15, 0.2) is 76.6 Å². The summed E-state index contributed by atoms with van der Waals surface area (Å²) in [7, 11) is 0. The number of thiophene rings is 1. The number of rotatable bonds is 7. The van der Waals surface area contributed by atoms with Gasteiger partial charge in [0.25, 0.3) is 0 Å². The molecule has 0 aliphatic carbocycles. The number of piperidine rings is 1. The fraction of sp³-hybridized carbons (Fsp3) is 0.240. The van der Waals surface area contributed by atoms with Crippen molar-refractivity contribution in [2.45, 2.75) is 19.4 Å². The van der Waals surface area contributed by atoms with E-state index in [2.05, 4.69) is 20.4 Å². The zero-order chi connectivity index (χ0) is 22.5. The van der Waals surface area contributed by atoms with Gasteiger partial charge in [-0.05, 0) is 55.1 Å². The zero-order valence-corrected chi connectivity index (χ0v) is 18.8. The largest absolute Gasteiger partial charge is 0.455 e. The van der Waals surface area contributed by atoms with E-state index in [-0.39, 0.29) is 11.8 Å². The first-order valence-corrected chi connectivity index (χ1v) is 11.8. The maximum Gasteiger partial charge on any atom is 0.241 e. The summed E-state index contributed by atoms with van der Waals surface area (Å²) in [6.45, 7) is 2.08. The van der Waals surface area contributed by atoms with Crippen LogP contribution < -0.4 is 10.1 Å². The molecule has 1 amide bonds. The molecule has 1 unspecified atom stereocenters. The molecule has 5 rings (SSSR count). The summed E-state index contributed by atoms with van der Waals surface area (Å²) < 4.78 is 11.4. The minimum absolute atomic E-state index is 0.00591. The SMILES string of the molecule is O=C(Nc1ccccc1Oc1ccccc1)C1CCCN(Cc2nc(-c3cccs3)no2)C1. The normalized spacial score (nSPS) is 16.4. The Labute approximate surface area is 196 Å². The van der Waals surface area contributed by atoms with Crippen molar-refractivity contribution in [1.29, 1.82) is 0 Å². The summed E-state index contributed by atoms with van der Waals surface area (Å²) in [6.07, 6.45) is 1.78. The van der Waals surface area contributed by atoms with Gasteiger partial charge in [0.1, 0.15) is 5.75 Å². The maximum atomic E-state index is 13.1. The van der Waals surface area contributed by atoms with Gasteiger partial charge >= 0.3 is 0 Å². The third-order valence-corrected chi connectivity index (χ3v) is 6.43. The number of para-hydroxylation sites is 3. The highest BCUT2D eigenvalue weighted by Crippen LogP contribution is 2.30. The Morgan fingerprint density at radius 3 is 2.82 bits per heavy atom. The number of carbonyl (C=O) groups is 1. The fourth-order valence-electron chi connectivity index (χ4n) is 3.94. The van der Waals surface area contributed by atoms with Crippen molar-refractivity contribution >= 4 is 22.9 Å². The molecule has 2 aromatic carbocycles. The van der Waals surface area contributed by atoms with Crippen LogP contribution in [-0.2, 0) is 11.3 Å². The number of aromatic nitrogens is 2. The van der Waals surface area contributed by atoms with Crippen LogP contribution in [0, 0.1) is 5.92 Å². The molecule has 1 aliphatic heterocycles. The molecule has 7 nitrogen and oxygen atoms in total. The number of nitrogens with zero attached hydrogens (tertiary/aromatic N) is 3. The summed E-state index contributed by atoms with van der Waals surface area (Å²) in [6, 6.07) is 21.0. The lowest BCUT2D eigenvalue weighted by Crippen LogP contribution is -2.40. The minimum atomic E-state index is -0.122. The molecule has 1 saturated heterocycles. The minimum Gasteiger partial charge on any atom is -0.455 e. The van der Waals surface area contributed by atoms with Crippen LogP contribution in [0.5, 0.6) is 11.5 Å². The van der Waals surface area contributed by atoms with E-state index < -0.39 is 0 Å². The summed E-state index contributed by atoms with van der Waals surface area (Å²) in [4.78, 5) is 20.8. The lowest BCUT2D eigenvalue weighted by atomic mass is 9.97. The molecule has 1 fully saturated rings. The Morgan fingerprint density at radius 2 is 1.97 bits per heavy atom. The molecule has 1 N–H and O–H groups in total. The van der Waals surface area contributed by atoms with Crippen molar-refractivity contribution in [3.63, 3.8) is 0 Å². The van der Waals surface area contributed by atoms with Crippen LogP contribution in [0.2, 0.25) is 0 Å². The first-order chi connectivity index (χ1) is 16.2. The Morgan fingerprint density at radius 1 is 1.12 bits per heavy atom. The molecule has 3 heterocycles. The predicted octanol–water partition coefficient (Wildman–Crippen LogP) is 5.44. The van der Waals surface area contributed by atoms with Gasteiger partial charge in [-0.2, -0.15) is 4.98 Å². The van der Waals surface area contributed by atoms with Crippen LogP contribution in [0.4, 0.5) is 5.69 Å². The maximum absolute atomic E-state index is 13.1. The lowest BCUT2D eigenvalue weighted by Gasteiger charge is -2.31. The summed E-state index contributed by atoms with van der Waals surface area (Å²) >= 11 is 1.58. The average Bonchev–Trinajstić information content (AvgIpc) is 3.54. The number of nitrogens with one attached hydrogen (secondary N) is 1. The number of anilines is 1. The van der Waals surface area contributed by atoms with Crippen LogP contribution in [0.25, 0.3) is 10.7 Å². The lowest BCUT2D eigenvalue weighted by molar-refractivity contribution is -0.121. The Bertz CT molecular complexity index is 1190. The van der Waals surface area contributed by atoms with Crippen LogP contribution in [-0.4, -0.2) is 34.0 Å². The van der Waals surface area contributed by atoms with Crippen molar-refractivity contribution in [3.05, 3.63) is 78.0 Å². The summed E-state index contributed by atoms with van der Waals surface area (Å²) in [5.74, 6) is 2.40. The summed E-state index contributed by atoms with van der Waals surface area (Å²) in [5, 5.41) is 9.14. The summed E-state index contributed by atoms with van der Waals surface area (Å²) in [5.41, 5.74) is 0.668.